The van der Waals surface area contributed by atoms with Crippen molar-refractivity contribution in [2.45, 2.75) is 6.42 Å². The number of aromatic nitrogens is 2. The number of hydrazine groups is 1. The Kier molecular flexibility index (Phi) is 3.05. The van der Waals surface area contributed by atoms with E-state index in [-0.39, 0.29) is 0 Å². The van der Waals surface area contributed by atoms with Crippen LogP contribution in [-0.2, 0) is 6.42 Å². The van der Waals surface area contributed by atoms with Crippen LogP contribution in [0.1, 0.15) is 5.56 Å². The molecule has 1 aliphatic heterocycles. The first-order valence-electron chi connectivity index (χ1n) is 6.26. The highest BCUT2D eigenvalue weighted by atomic mass is 16.5. The van der Waals surface area contributed by atoms with Crippen LogP contribution in [0, 0.1) is 0 Å². The number of nitrogens with zero attached hydrogens (tertiary/aromatic N) is 3. The summed E-state index contributed by atoms with van der Waals surface area (Å²) >= 11 is 0. The first-order valence-corrected chi connectivity index (χ1v) is 6.26. The second kappa shape index (κ2) is 4.85. The van der Waals surface area contributed by atoms with Crippen molar-refractivity contribution in [2.75, 3.05) is 25.7 Å². The second-order valence-corrected chi connectivity index (χ2v) is 4.39. The SMILES string of the molecule is CNN1CCc2c(-c3cnc(OC)nc3)cccc21. The van der Waals surface area contributed by atoms with Crippen LogP contribution in [0.25, 0.3) is 11.1 Å². The molecule has 1 aromatic heterocycles. The van der Waals surface area contributed by atoms with Gasteiger partial charge in [-0.3, -0.25) is 0 Å². The molecule has 0 saturated heterocycles. The summed E-state index contributed by atoms with van der Waals surface area (Å²) in [6.07, 6.45) is 4.64. The molecular weight excluding hydrogens is 240 g/mol. The molecule has 5 nitrogen and oxygen atoms in total. The molecule has 5 heteroatoms. The number of ether oxygens (including phenoxy) is 1. The molecule has 1 N–H and O–H groups in total. The fraction of sp³-hybridized carbons (Fsp3) is 0.286. The number of rotatable bonds is 3. The number of fused-ring (bicyclic) bond motifs is 1. The van der Waals surface area contributed by atoms with Gasteiger partial charge in [-0.05, 0) is 23.6 Å². The summed E-state index contributed by atoms with van der Waals surface area (Å²) < 4.78 is 4.99. The molecule has 0 fully saturated rings. The fourth-order valence-electron chi connectivity index (χ4n) is 2.50. The Hall–Kier alpha value is -2.14. The number of anilines is 1. The van der Waals surface area contributed by atoms with E-state index in [1.807, 2.05) is 19.4 Å². The van der Waals surface area contributed by atoms with Gasteiger partial charge in [0.1, 0.15) is 0 Å². The molecule has 0 radical (unpaired) electrons. The summed E-state index contributed by atoms with van der Waals surface area (Å²) in [5, 5.41) is 2.16. The van der Waals surface area contributed by atoms with Crippen LogP contribution in [0.2, 0.25) is 0 Å². The van der Waals surface area contributed by atoms with E-state index in [9.17, 15) is 0 Å². The van der Waals surface area contributed by atoms with E-state index < -0.39 is 0 Å². The molecular formula is C14H16N4O. The smallest absolute Gasteiger partial charge is 0.316 e. The van der Waals surface area contributed by atoms with E-state index in [1.165, 1.54) is 16.8 Å². The van der Waals surface area contributed by atoms with Crippen LogP contribution < -0.4 is 15.2 Å². The summed E-state index contributed by atoms with van der Waals surface area (Å²) in [7, 11) is 3.51. The van der Waals surface area contributed by atoms with Gasteiger partial charge in [-0.1, -0.05) is 12.1 Å². The monoisotopic (exact) mass is 256 g/mol. The molecule has 3 rings (SSSR count). The van der Waals surface area contributed by atoms with Crippen LogP contribution in [0.5, 0.6) is 6.01 Å². The van der Waals surface area contributed by atoms with Crippen molar-refractivity contribution in [3.05, 3.63) is 36.2 Å². The molecule has 98 valence electrons. The molecule has 0 unspecified atom stereocenters. The number of hydrogen-bond donors (Lipinski definition) is 1. The lowest BCUT2D eigenvalue weighted by atomic mass is 10.0. The highest BCUT2D eigenvalue weighted by Gasteiger charge is 2.21. The van der Waals surface area contributed by atoms with E-state index >= 15 is 0 Å². The lowest BCUT2D eigenvalue weighted by molar-refractivity contribution is 0.380. The average Bonchev–Trinajstić information content (AvgIpc) is 2.90. The summed E-state index contributed by atoms with van der Waals surface area (Å²) in [5.41, 5.74) is 7.99. The number of hydrogen-bond acceptors (Lipinski definition) is 5. The lowest BCUT2D eigenvalue weighted by Crippen LogP contribution is -2.32. The summed E-state index contributed by atoms with van der Waals surface area (Å²) in [4.78, 5) is 8.35. The van der Waals surface area contributed by atoms with Gasteiger partial charge in [0.05, 0.1) is 12.8 Å². The Balaban J connectivity index is 2.04. The Bertz CT molecular complexity index is 582. The van der Waals surface area contributed by atoms with Crippen molar-refractivity contribution in [2.24, 2.45) is 0 Å². The molecule has 1 aliphatic rings. The standard InChI is InChI=1S/C14H16N4O/c1-15-18-7-6-12-11(4-3-5-13(12)18)10-8-16-14(19-2)17-9-10/h3-5,8-9,15H,6-7H2,1-2H3. The molecule has 0 spiro atoms. The third-order valence-electron chi connectivity index (χ3n) is 3.42. The van der Waals surface area contributed by atoms with E-state index in [0.29, 0.717) is 6.01 Å². The zero-order valence-electron chi connectivity index (χ0n) is 11.1. The zero-order valence-corrected chi connectivity index (χ0v) is 11.1. The van der Waals surface area contributed by atoms with Crippen molar-refractivity contribution < 1.29 is 4.74 Å². The van der Waals surface area contributed by atoms with Gasteiger partial charge in [0, 0.05) is 31.5 Å². The van der Waals surface area contributed by atoms with Crippen LogP contribution in [-0.4, -0.2) is 30.7 Å². The van der Waals surface area contributed by atoms with Gasteiger partial charge in [-0.25, -0.2) is 15.4 Å². The summed E-state index contributed by atoms with van der Waals surface area (Å²) in [6.45, 7) is 0.986. The highest BCUT2D eigenvalue weighted by molar-refractivity contribution is 5.75. The van der Waals surface area contributed by atoms with Crippen molar-refractivity contribution in [1.29, 1.82) is 0 Å². The van der Waals surface area contributed by atoms with E-state index in [1.54, 1.807) is 7.11 Å². The maximum atomic E-state index is 4.99. The number of benzene rings is 1. The van der Waals surface area contributed by atoms with Crippen molar-refractivity contribution in [3.63, 3.8) is 0 Å². The quantitative estimate of drug-likeness (QED) is 0.905. The molecule has 2 heterocycles. The van der Waals surface area contributed by atoms with Gasteiger partial charge in [0.15, 0.2) is 0 Å². The molecule has 0 amide bonds. The minimum atomic E-state index is 0.396. The average molecular weight is 256 g/mol. The number of nitrogens with one attached hydrogen (secondary N) is 1. The molecule has 0 saturated carbocycles. The van der Waals surface area contributed by atoms with E-state index in [4.69, 9.17) is 4.74 Å². The Morgan fingerprint density at radius 3 is 2.74 bits per heavy atom. The topological polar surface area (TPSA) is 50.3 Å². The third-order valence-corrected chi connectivity index (χ3v) is 3.42. The normalized spacial score (nSPS) is 13.5. The zero-order chi connectivity index (χ0) is 13.2. The Morgan fingerprint density at radius 2 is 2.05 bits per heavy atom. The van der Waals surface area contributed by atoms with Crippen molar-refractivity contribution in [1.82, 2.24) is 15.4 Å². The van der Waals surface area contributed by atoms with Crippen LogP contribution >= 0.6 is 0 Å². The van der Waals surface area contributed by atoms with Gasteiger partial charge in [-0.2, -0.15) is 0 Å². The second-order valence-electron chi connectivity index (χ2n) is 4.39. The van der Waals surface area contributed by atoms with Crippen LogP contribution in [0.3, 0.4) is 0 Å². The molecule has 19 heavy (non-hydrogen) atoms. The van der Waals surface area contributed by atoms with Crippen LogP contribution in [0.4, 0.5) is 5.69 Å². The Morgan fingerprint density at radius 1 is 1.26 bits per heavy atom. The summed E-state index contributed by atoms with van der Waals surface area (Å²) in [5.74, 6) is 0. The molecule has 0 bridgehead atoms. The maximum absolute atomic E-state index is 4.99. The van der Waals surface area contributed by atoms with Crippen molar-refractivity contribution in [3.8, 4) is 17.1 Å². The molecule has 1 aromatic carbocycles. The van der Waals surface area contributed by atoms with Gasteiger partial charge < -0.3 is 9.75 Å². The Labute approximate surface area is 112 Å². The van der Waals surface area contributed by atoms with Crippen molar-refractivity contribution >= 4 is 5.69 Å². The fourth-order valence-corrected chi connectivity index (χ4v) is 2.50. The first-order chi connectivity index (χ1) is 9.33. The van der Waals surface area contributed by atoms with Gasteiger partial charge >= 0.3 is 6.01 Å². The van der Waals surface area contributed by atoms with Gasteiger partial charge in [-0.15, -0.1) is 0 Å². The third kappa shape index (κ3) is 2.02. The summed E-state index contributed by atoms with van der Waals surface area (Å²) in [6, 6.07) is 6.71. The molecule has 2 aromatic rings. The van der Waals surface area contributed by atoms with Gasteiger partial charge in [0.25, 0.3) is 0 Å². The number of methoxy groups -OCH3 is 1. The lowest BCUT2D eigenvalue weighted by Gasteiger charge is -2.17. The predicted molar refractivity (Wildman–Crippen MR) is 74.1 cm³/mol. The minimum absolute atomic E-state index is 0.396. The highest BCUT2D eigenvalue weighted by Crippen LogP contribution is 2.34. The largest absolute Gasteiger partial charge is 0.467 e. The minimum Gasteiger partial charge on any atom is -0.467 e. The van der Waals surface area contributed by atoms with Crippen LogP contribution in [0.15, 0.2) is 30.6 Å². The predicted octanol–water partition coefficient (Wildman–Crippen LogP) is 1.65. The first kappa shape index (κ1) is 11.9. The van der Waals surface area contributed by atoms with Gasteiger partial charge in [0.2, 0.25) is 0 Å². The maximum Gasteiger partial charge on any atom is 0.316 e. The van der Waals surface area contributed by atoms with E-state index in [0.717, 1.165) is 18.5 Å². The van der Waals surface area contributed by atoms with E-state index in [2.05, 4.69) is 38.6 Å². The molecule has 0 atom stereocenters. The molecule has 0 aliphatic carbocycles.